The van der Waals surface area contributed by atoms with Crippen LogP contribution < -0.4 is 20.7 Å². The molecule has 3 aliphatic heterocycles. The number of piperidine rings is 1. The van der Waals surface area contributed by atoms with Crippen LogP contribution in [0.15, 0.2) is 54.5 Å². The number of ether oxygens (including phenoxy) is 1. The number of fused-ring (bicyclic) bond motifs is 1. The minimum Gasteiger partial charge on any atom is -0.488 e. The van der Waals surface area contributed by atoms with Gasteiger partial charge in [-0.2, -0.15) is 0 Å². The first-order chi connectivity index (χ1) is 18.6. The Morgan fingerprint density at radius 1 is 1.13 bits per heavy atom. The summed E-state index contributed by atoms with van der Waals surface area (Å²) in [4.78, 5) is 34.4. The summed E-state index contributed by atoms with van der Waals surface area (Å²) in [5.41, 5.74) is 7.51. The van der Waals surface area contributed by atoms with Crippen LogP contribution in [0.25, 0.3) is 0 Å². The van der Waals surface area contributed by atoms with Gasteiger partial charge in [-0.1, -0.05) is 6.07 Å². The second-order valence-corrected chi connectivity index (χ2v) is 9.41. The monoisotopic (exact) mass is 546 g/mol. The number of alkyl halides is 2. The minimum absolute atomic E-state index is 0.0225. The van der Waals surface area contributed by atoms with Gasteiger partial charge in [0.05, 0.1) is 12.1 Å². The first kappa shape index (κ1) is 26.5. The molecular formula is C26H26F4N6O3. The van der Waals surface area contributed by atoms with Gasteiger partial charge in [0.15, 0.2) is 23.2 Å². The van der Waals surface area contributed by atoms with Crippen LogP contribution in [-0.4, -0.2) is 65.1 Å². The van der Waals surface area contributed by atoms with E-state index in [2.05, 4.69) is 10.3 Å². The molecule has 0 spiro atoms. The number of likely N-dealkylation sites (tertiary alicyclic amines) is 1. The van der Waals surface area contributed by atoms with Crippen molar-refractivity contribution in [1.29, 1.82) is 0 Å². The zero-order chi connectivity index (χ0) is 27.7. The van der Waals surface area contributed by atoms with Gasteiger partial charge in [-0.05, 0) is 35.9 Å². The molecule has 9 nitrogen and oxygen atoms in total. The fourth-order valence-electron chi connectivity index (χ4n) is 4.56. The number of nitrogens with one attached hydrogen (secondary N) is 1. The maximum Gasteiger partial charge on any atom is 0.323 e. The standard InChI is InChI=1S/C26H26F4N6O3/c27-19-2-1-16(11-20(19)28)14-33-25(38)36-6-3-18(13-22(36)31)35-9-10-39-21-12-17(15-32-23(21)35)24(37)34-7-4-26(29,30)5-8-34/h1-3,6,11-13,15,22H,4-5,7-10,14,31H2,(H,33,38). The molecule has 1 unspecified atom stereocenters. The number of benzene rings is 1. The number of carbonyl (C=O) groups is 2. The number of nitrogens with zero attached hydrogens (tertiary/aromatic N) is 4. The van der Waals surface area contributed by atoms with Crippen LogP contribution in [0.2, 0.25) is 0 Å². The molecule has 3 amide bonds. The SMILES string of the molecule is NC1C=C(N2CCOc3cc(C(=O)N4CCC(F)(F)CC4)cnc32)C=CN1C(=O)NCc1ccc(F)c(F)c1. The molecule has 5 rings (SSSR count). The Kier molecular flexibility index (Phi) is 7.17. The van der Waals surface area contributed by atoms with E-state index in [1.165, 1.54) is 28.3 Å². The highest BCUT2D eigenvalue weighted by Gasteiger charge is 2.36. The fraction of sp³-hybridized carbons (Fsp3) is 0.346. The number of rotatable bonds is 4. The predicted molar refractivity (Wildman–Crippen MR) is 133 cm³/mol. The van der Waals surface area contributed by atoms with Gasteiger partial charge in [-0.15, -0.1) is 0 Å². The van der Waals surface area contributed by atoms with E-state index in [1.807, 2.05) is 4.90 Å². The van der Waals surface area contributed by atoms with Crippen molar-refractivity contribution in [3.05, 3.63) is 77.3 Å². The third kappa shape index (κ3) is 5.67. The average Bonchev–Trinajstić information content (AvgIpc) is 2.92. The zero-order valence-electron chi connectivity index (χ0n) is 20.7. The number of aromatic nitrogens is 1. The number of halogens is 4. The molecule has 1 atom stereocenters. The van der Waals surface area contributed by atoms with Gasteiger partial charge in [0.2, 0.25) is 0 Å². The lowest BCUT2D eigenvalue weighted by atomic mass is 10.1. The van der Waals surface area contributed by atoms with Crippen LogP contribution in [0.5, 0.6) is 5.75 Å². The molecule has 2 aromatic rings. The van der Waals surface area contributed by atoms with Gasteiger partial charge in [0, 0.05) is 50.6 Å². The topological polar surface area (TPSA) is 104 Å². The van der Waals surface area contributed by atoms with E-state index in [4.69, 9.17) is 10.5 Å². The summed E-state index contributed by atoms with van der Waals surface area (Å²) >= 11 is 0. The number of urea groups is 1. The summed E-state index contributed by atoms with van der Waals surface area (Å²) < 4.78 is 59.2. The number of anilines is 1. The summed E-state index contributed by atoms with van der Waals surface area (Å²) in [7, 11) is 0. The van der Waals surface area contributed by atoms with Crippen molar-refractivity contribution in [2.45, 2.75) is 31.5 Å². The molecule has 4 heterocycles. The largest absolute Gasteiger partial charge is 0.488 e. The second-order valence-electron chi connectivity index (χ2n) is 9.41. The Morgan fingerprint density at radius 2 is 1.90 bits per heavy atom. The Balaban J connectivity index is 1.24. The molecule has 1 aromatic carbocycles. The molecular weight excluding hydrogens is 520 g/mol. The Morgan fingerprint density at radius 3 is 2.62 bits per heavy atom. The molecule has 0 saturated carbocycles. The van der Waals surface area contributed by atoms with Crippen LogP contribution in [-0.2, 0) is 6.54 Å². The van der Waals surface area contributed by atoms with Crippen molar-refractivity contribution in [3.63, 3.8) is 0 Å². The summed E-state index contributed by atoms with van der Waals surface area (Å²) in [5, 5.41) is 2.62. The lowest BCUT2D eigenvalue weighted by molar-refractivity contribution is -0.0494. The van der Waals surface area contributed by atoms with E-state index in [9.17, 15) is 27.2 Å². The van der Waals surface area contributed by atoms with Crippen molar-refractivity contribution >= 4 is 17.8 Å². The zero-order valence-corrected chi connectivity index (χ0v) is 20.7. The van der Waals surface area contributed by atoms with Crippen LogP contribution in [0.3, 0.4) is 0 Å². The second kappa shape index (κ2) is 10.6. The quantitative estimate of drug-likeness (QED) is 0.571. The van der Waals surface area contributed by atoms with E-state index in [0.29, 0.717) is 36.0 Å². The van der Waals surface area contributed by atoms with Gasteiger partial charge in [-0.25, -0.2) is 27.3 Å². The number of carbonyl (C=O) groups excluding carboxylic acids is 2. The van der Waals surface area contributed by atoms with Gasteiger partial charge < -0.3 is 25.6 Å². The number of hydrogen-bond donors (Lipinski definition) is 2. The smallest absolute Gasteiger partial charge is 0.323 e. The predicted octanol–water partition coefficient (Wildman–Crippen LogP) is 3.34. The summed E-state index contributed by atoms with van der Waals surface area (Å²) in [6.45, 7) is 0.638. The minimum atomic E-state index is -2.76. The van der Waals surface area contributed by atoms with Crippen LogP contribution in [0, 0.1) is 11.6 Å². The van der Waals surface area contributed by atoms with Crippen molar-refractivity contribution in [2.75, 3.05) is 31.1 Å². The number of hydrogen-bond acceptors (Lipinski definition) is 6. The maximum atomic E-state index is 13.5. The molecule has 1 fully saturated rings. The lowest BCUT2D eigenvalue weighted by Gasteiger charge is -2.35. The molecule has 206 valence electrons. The van der Waals surface area contributed by atoms with Crippen molar-refractivity contribution in [3.8, 4) is 5.75 Å². The van der Waals surface area contributed by atoms with Gasteiger partial charge in [-0.3, -0.25) is 9.69 Å². The molecule has 0 radical (unpaired) electrons. The third-order valence-corrected chi connectivity index (χ3v) is 6.73. The van der Waals surface area contributed by atoms with Crippen molar-refractivity contribution < 1.29 is 31.9 Å². The Labute approximate surface area is 221 Å². The number of allylic oxidation sites excluding steroid dienone is 1. The molecule has 13 heteroatoms. The number of pyridine rings is 1. The number of amides is 3. The van der Waals surface area contributed by atoms with E-state index < -0.39 is 29.8 Å². The van der Waals surface area contributed by atoms with E-state index in [1.54, 1.807) is 18.2 Å². The Hall–Kier alpha value is -4.13. The molecule has 1 saturated heterocycles. The van der Waals surface area contributed by atoms with Gasteiger partial charge >= 0.3 is 6.03 Å². The summed E-state index contributed by atoms with van der Waals surface area (Å²) in [6, 6.07) is 4.38. The van der Waals surface area contributed by atoms with Crippen molar-refractivity contribution in [1.82, 2.24) is 20.1 Å². The van der Waals surface area contributed by atoms with Crippen molar-refractivity contribution in [2.24, 2.45) is 5.73 Å². The number of nitrogens with two attached hydrogens (primary N) is 1. The fourth-order valence-corrected chi connectivity index (χ4v) is 4.56. The summed E-state index contributed by atoms with van der Waals surface area (Å²) in [5.74, 6) is -4.30. The van der Waals surface area contributed by atoms with E-state index in [-0.39, 0.29) is 43.9 Å². The highest BCUT2D eigenvalue weighted by atomic mass is 19.3. The van der Waals surface area contributed by atoms with Crippen LogP contribution in [0.1, 0.15) is 28.8 Å². The first-order valence-corrected chi connectivity index (χ1v) is 12.3. The first-order valence-electron chi connectivity index (χ1n) is 12.3. The van der Waals surface area contributed by atoms with E-state index >= 15 is 0 Å². The lowest BCUT2D eigenvalue weighted by Crippen LogP contribution is -2.48. The molecule has 3 N–H and O–H groups in total. The van der Waals surface area contributed by atoms with Crippen LogP contribution in [0.4, 0.5) is 28.2 Å². The van der Waals surface area contributed by atoms with Crippen LogP contribution >= 0.6 is 0 Å². The van der Waals surface area contributed by atoms with Gasteiger partial charge in [0.25, 0.3) is 11.8 Å². The molecule has 39 heavy (non-hydrogen) atoms. The molecule has 0 aliphatic carbocycles. The molecule has 0 bridgehead atoms. The molecule has 3 aliphatic rings. The third-order valence-electron chi connectivity index (χ3n) is 6.73. The van der Waals surface area contributed by atoms with E-state index in [0.717, 1.165) is 12.1 Å². The summed E-state index contributed by atoms with van der Waals surface area (Å²) in [6.07, 6.45) is 4.63. The normalized spacial score (nSPS) is 20.2. The highest BCUT2D eigenvalue weighted by Crippen LogP contribution is 2.35. The molecule has 1 aromatic heterocycles. The highest BCUT2D eigenvalue weighted by molar-refractivity contribution is 5.95. The average molecular weight is 547 g/mol. The van der Waals surface area contributed by atoms with Gasteiger partial charge in [0.1, 0.15) is 12.8 Å². The maximum absolute atomic E-state index is 13.5. The Bertz CT molecular complexity index is 1340.